The van der Waals surface area contributed by atoms with Crippen LogP contribution >= 0.6 is 0 Å². The standard InChI is InChI=1S/C11H19N3O3/c1-7(4-3-5-12)11(17)14-6-9(15)13-10(16)8(14)2/h7-8H,3-6,12H2,1-2H3,(H,13,15,16). The Morgan fingerprint density at radius 1 is 1.59 bits per heavy atom. The molecule has 2 atom stereocenters. The van der Waals surface area contributed by atoms with Crippen LogP contribution in [-0.2, 0) is 14.4 Å². The molecule has 0 aliphatic carbocycles. The minimum absolute atomic E-state index is 0.0430. The maximum atomic E-state index is 12.1. The summed E-state index contributed by atoms with van der Waals surface area (Å²) in [6, 6.07) is -0.583. The van der Waals surface area contributed by atoms with Crippen molar-refractivity contribution >= 4 is 17.7 Å². The summed E-state index contributed by atoms with van der Waals surface area (Å²) in [5, 5.41) is 2.20. The molecule has 3 N–H and O–H groups in total. The Hall–Kier alpha value is -1.43. The fourth-order valence-corrected chi connectivity index (χ4v) is 1.81. The number of carbonyl (C=O) groups is 3. The molecule has 0 spiro atoms. The summed E-state index contributed by atoms with van der Waals surface area (Å²) in [6.07, 6.45) is 1.43. The molecule has 1 aliphatic rings. The van der Waals surface area contributed by atoms with Crippen molar-refractivity contribution in [2.45, 2.75) is 32.7 Å². The third-order valence-electron chi connectivity index (χ3n) is 2.97. The summed E-state index contributed by atoms with van der Waals surface area (Å²) in [5.41, 5.74) is 5.38. The number of imide groups is 1. The van der Waals surface area contributed by atoms with Crippen LogP contribution < -0.4 is 11.1 Å². The van der Waals surface area contributed by atoms with Gasteiger partial charge in [-0.1, -0.05) is 6.92 Å². The molecule has 1 heterocycles. The van der Waals surface area contributed by atoms with Gasteiger partial charge in [0.15, 0.2) is 0 Å². The maximum absolute atomic E-state index is 12.1. The Balaban J connectivity index is 2.66. The third-order valence-corrected chi connectivity index (χ3v) is 2.97. The highest BCUT2D eigenvalue weighted by Gasteiger charge is 2.34. The van der Waals surface area contributed by atoms with Crippen molar-refractivity contribution in [2.24, 2.45) is 11.7 Å². The average molecular weight is 241 g/mol. The number of carbonyl (C=O) groups excluding carboxylic acids is 3. The summed E-state index contributed by atoms with van der Waals surface area (Å²) in [6.45, 7) is 3.91. The minimum atomic E-state index is -0.583. The van der Waals surface area contributed by atoms with Crippen LogP contribution in [0.2, 0.25) is 0 Å². The fraction of sp³-hybridized carbons (Fsp3) is 0.727. The smallest absolute Gasteiger partial charge is 0.249 e. The molecule has 96 valence electrons. The molecule has 17 heavy (non-hydrogen) atoms. The van der Waals surface area contributed by atoms with Crippen LogP contribution in [0.5, 0.6) is 0 Å². The lowest BCUT2D eigenvalue weighted by atomic mass is 10.0. The van der Waals surface area contributed by atoms with Gasteiger partial charge in [0, 0.05) is 5.92 Å². The second-order valence-corrected chi connectivity index (χ2v) is 4.39. The van der Waals surface area contributed by atoms with E-state index >= 15 is 0 Å². The van der Waals surface area contributed by atoms with Gasteiger partial charge >= 0.3 is 0 Å². The van der Waals surface area contributed by atoms with Crippen LogP contribution in [-0.4, -0.2) is 41.8 Å². The molecule has 3 amide bonds. The summed E-state index contributed by atoms with van der Waals surface area (Å²) in [4.78, 5) is 36.0. The first-order valence-electron chi connectivity index (χ1n) is 5.81. The van der Waals surface area contributed by atoms with Crippen LogP contribution in [0.1, 0.15) is 26.7 Å². The molecule has 0 aromatic carbocycles. The lowest BCUT2D eigenvalue weighted by molar-refractivity contribution is -0.151. The van der Waals surface area contributed by atoms with Crippen LogP contribution in [0.4, 0.5) is 0 Å². The predicted molar refractivity (Wildman–Crippen MR) is 61.8 cm³/mol. The minimum Gasteiger partial charge on any atom is -0.330 e. The number of hydrogen-bond donors (Lipinski definition) is 2. The molecule has 0 bridgehead atoms. The molecule has 1 aliphatic heterocycles. The highest BCUT2D eigenvalue weighted by atomic mass is 16.2. The van der Waals surface area contributed by atoms with Gasteiger partial charge in [-0.25, -0.2) is 0 Å². The normalized spacial score (nSPS) is 22.3. The largest absolute Gasteiger partial charge is 0.330 e. The molecule has 0 aromatic heterocycles. The number of piperazine rings is 1. The van der Waals surface area contributed by atoms with E-state index in [0.717, 1.165) is 6.42 Å². The Bertz CT molecular complexity index is 330. The first-order chi connectivity index (χ1) is 7.97. The van der Waals surface area contributed by atoms with Crippen molar-refractivity contribution in [3.05, 3.63) is 0 Å². The van der Waals surface area contributed by atoms with Crippen molar-refractivity contribution in [1.82, 2.24) is 10.2 Å². The van der Waals surface area contributed by atoms with Crippen LogP contribution in [0.25, 0.3) is 0 Å². The van der Waals surface area contributed by atoms with Gasteiger partial charge in [-0.2, -0.15) is 0 Å². The maximum Gasteiger partial charge on any atom is 0.249 e. The second kappa shape index (κ2) is 5.77. The second-order valence-electron chi connectivity index (χ2n) is 4.39. The van der Waals surface area contributed by atoms with Gasteiger partial charge in [-0.3, -0.25) is 19.7 Å². The van der Waals surface area contributed by atoms with E-state index in [2.05, 4.69) is 5.32 Å². The molecule has 2 unspecified atom stereocenters. The lowest BCUT2D eigenvalue weighted by Gasteiger charge is -2.33. The zero-order valence-electron chi connectivity index (χ0n) is 10.2. The van der Waals surface area contributed by atoms with Crippen molar-refractivity contribution < 1.29 is 14.4 Å². The SMILES string of the molecule is CC(CCCN)C(=O)N1CC(=O)NC(=O)C1C. The molecule has 0 aromatic rings. The van der Waals surface area contributed by atoms with Gasteiger partial charge in [0.1, 0.15) is 12.6 Å². The highest BCUT2D eigenvalue weighted by molar-refractivity contribution is 6.04. The van der Waals surface area contributed by atoms with Gasteiger partial charge in [-0.05, 0) is 26.3 Å². The van der Waals surface area contributed by atoms with Gasteiger partial charge in [-0.15, -0.1) is 0 Å². The van der Waals surface area contributed by atoms with Crippen LogP contribution in [0.15, 0.2) is 0 Å². The molecular formula is C11H19N3O3. The molecule has 6 heteroatoms. The summed E-state index contributed by atoms with van der Waals surface area (Å²) in [7, 11) is 0. The monoisotopic (exact) mass is 241 g/mol. The van der Waals surface area contributed by atoms with Crippen molar-refractivity contribution in [3.63, 3.8) is 0 Å². The van der Waals surface area contributed by atoms with E-state index in [9.17, 15) is 14.4 Å². The number of nitrogens with one attached hydrogen (secondary N) is 1. The summed E-state index contributed by atoms with van der Waals surface area (Å²) in [5.74, 6) is -1.21. The Labute approximate surface area is 101 Å². The number of rotatable bonds is 4. The van der Waals surface area contributed by atoms with Crippen molar-refractivity contribution in [2.75, 3.05) is 13.1 Å². The van der Waals surface area contributed by atoms with Gasteiger partial charge in [0.2, 0.25) is 17.7 Å². The van der Waals surface area contributed by atoms with Crippen molar-refractivity contribution in [3.8, 4) is 0 Å². The fourth-order valence-electron chi connectivity index (χ4n) is 1.81. The van der Waals surface area contributed by atoms with E-state index in [1.807, 2.05) is 0 Å². The summed E-state index contributed by atoms with van der Waals surface area (Å²) < 4.78 is 0. The van der Waals surface area contributed by atoms with Gasteiger partial charge in [0.05, 0.1) is 0 Å². The molecule has 6 nitrogen and oxygen atoms in total. The van der Waals surface area contributed by atoms with Crippen LogP contribution in [0, 0.1) is 5.92 Å². The van der Waals surface area contributed by atoms with Crippen LogP contribution in [0.3, 0.4) is 0 Å². The molecule has 0 radical (unpaired) electrons. The Morgan fingerprint density at radius 3 is 2.82 bits per heavy atom. The lowest BCUT2D eigenvalue weighted by Crippen LogP contribution is -2.59. The number of hydrogen-bond acceptors (Lipinski definition) is 4. The van der Waals surface area contributed by atoms with E-state index in [1.165, 1.54) is 4.90 Å². The topological polar surface area (TPSA) is 92.5 Å². The molecule has 1 rings (SSSR count). The van der Waals surface area contributed by atoms with Crippen molar-refractivity contribution in [1.29, 1.82) is 0 Å². The summed E-state index contributed by atoms with van der Waals surface area (Å²) >= 11 is 0. The number of nitrogens with zero attached hydrogens (tertiary/aromatic N) is 1. The highest BCUT2D eigenvalue weighted by Crippen LogP contribution is 2.14. The quantitative estimate of drug-likeness (QED) is 0.632. The molecule has 1 saturated heterocycles. The first-order valence-corrected chi connectivity index (χ1v) is 5.81. The van der Waals surface area contributed by atoms with E-state index in [4.69, 9.17) is 5.73 Å². The Kier molecular flexibility index (Phi) is 4.62. The van der Waals surface area contributed by atoms with Gasteiger partial charge < -0.3 is 10.6 Å². The van der Waals surface area contributed by atoms with E-state index in [1.54, 1.807) is 13.8 Å². The Morgan fingerprint density at radius 2 is 2.24 bits per heavy atom. The van der Waals surface area contributed by atoms with E-state index in [-0.39, 0.29) is 18.4 Å². The molecular weight excluding hydrogens is 222 g/mol. The number of nitrogens with two attached hydrogens (primary N) is 1. The van der Waals surface area contributed by atoms with E-state index in [0.29, 0.717) is 13.0 Å². The zero-order valence-corrected chi connectivity index (χ0v) is 10.2. The van der Waals surface area contributed by atoms with Gasteiger partial charge in [0.25, 0.3) is 0 Å². The third kappa shape index (κ3) is 3.26. The zero-order chi connectivity index (χ0) is 13.0. The number of amides is 3. The van der Waals surface area contributed by atoms with E-state index < -0.39 is 17.9 Å². The molecule has 0 saturated carbocycles. The first kappa shape index (κ1) is 13.6. The molecule has 1 fully saturated rings. The predicted octanol–water partition coefficient (Wildman–Crippen LogP) is -0.765. The average Bonchev–Trinajstić information content (AvgIpc) is 2.29.